The fraction of sp³-hybridized carbons (Fsp3) is 0.182. The Hall–Kier alpha value is -0.840. The highest BCUT2D eigenvalue weighted by Crippen LogP contribution is 2.12. The van der Waals surface area contributed by atoms with Crippen molar-refractivity contribution in [3.05, 3.63) is 41.0 Å². The van der Waals surface area contributed by atoms with E-state index in [1.54, 1.807) is 0 Å². The molecule has 2 rings (SSSR count). The summed E-state index contributed by atoms with van der Waals surface area (Å²) >= 11 is 3.31. The second-order valence-corrected chi connectivity index (χ2v) is 4.53. The minimum absolute atomic E-state index is 0. The Morgan fingerprint density at radius 2 is 2.31 bits per heavy atom. The van der Waals surface area contributed by atoms with Gasteiger partial charge < -0.3 is 5.32 Å². The highest BCUT2D eigenvalue weighted by atomic mass is 79.9. The molecule has 1 aromatic carbocycles. The van der Waals surface area contributed by atoms with Gasteiger partial charge in [-0.2, -0.15) is 5.10 Å². The van der Waals surface area contributed by atoms with Gasteiger partial charge in [0.1, 0.15) is 0 Å². The van der Waals surface area contributed by atoms with Crippen molar-refractivity contribution in [2.24, 2.45) is 0 Å². The van der Waals surface area contributed by atoms with Crippen molar-refractivity contribution in [1.82, 2.24) is 15.5 Å². The Morgan fingerprint density at radius 3 is 3.06 bits per heavy atom. The second kappa shape index (κ2) is 6.03. The minimum Gasteiger partial charge on any atom is -0.308 e. The van der Waals surface area contributed by atoms with E-state index in [1.165, 1.54) is 5.56 Å². The first-order valence-corrected chi connectivity index (χ1v) is 5.51. The average Bonchev–Trinajstić information content (AvgIpc) is 2.64. The lowest BCUT2D eigenvalue weighted by molar-refractivity contribution is 0.758. The Balaban J connectivity index is 0.00000128. The molecule has 16 heavy (non-hydrogen) atoms. The summed E-state index contributed by atoms with van der Waals surface area (Å²) < 4.78 is 0.963. The van der Waals surface area contributed by atoms with Crippen LogP contribution < -0.4 is 5.32 Å². The number of aromatic amines is 1. The third-order valence-electron chi connectivity index (χ3n) is 2.15. The molecule has 0 amide bonds. The van der Waals surface area contributed by atoms with E-state index in [9.17, 15) is 0 Å². The van der Waals surface area contributed by atoms with Gasteiger partial charge in [0, 0.05) is 23.0 Å². The van der Waals surface area contributed by atoms with Crippen molar-refractivity contribution < 1.29 is 0 Å². The Bertz CT molecular complexity index is 481. The van der Waals surface area contributed by atoms with Crippen LogP contribution in [-0.4, -0.2) is 16.7 Å². The van der Waals surface area contributed by atoms with Crippen molar-refractivity contribution >= 4 is 39.2 Å². The lowest BCUT2D eigenvalue weighted by atomic mass is 10.2. The molecule has 0 fully saturated rings. The van der Waals surface area contributed by atoms with E-state index >= 15 is 0 Å². The van der Waals surface area contributed by atoms with Gasteiger partial charge in [0.05, 0.1) is 11.7 Å². The first-order valence-electron chi connectivity index (χ1n) is 4.72. The van der Waals surface area contributed by atoms with Gasteiger partial charge in [-0.25, -0.2) is 0 Å². The maximum atomic E-state index is 3.98. The summed E-state index contributed by atoms with van der Waals surface area (Å²) in [5.41, 5.74) is 2.31. The molecule has 0 bridgehead atoms. The van der Waals surface area contributed by atoms with E-state index in [-0.39, 0.29) is 12.4 Å². The highest BCUT2D eigenvalue weighted by Gasteiger charge is 1.97. The van der Waals surface area contributed by atoms with Crippen LogP contribution in [0, 0.1) is 0 Å². The third kappa shape index (κ3) is 3.33. The normalized spacial score (nSPS) is 10.1. The van der Waals surface area contributed by atoms with Crippen molar-refractivity contribution in [3.8, 4) is 0 Å². The van der Waals surface area contributed by atoms with E-state index in [4.69, 9.17) is 0 Å². The molecular weight excluding hydrogens is 289 g/mol. The summed E-state index contributed by atoms with van der Waals surface area (Å²) in [6, 6.07) is 6.27. The molecule has 0 unspecified atom stereocenters. The molecule has 0 saturated heterocycles. The lowest BCUT2D eigenvalue weighted by Gasteiger charge is -2.03. The number of fused-ring (bicyclic) bond motifs is 1. The van der Waals surface area contributed by atoms with Crippen LogP contribution in [0.25, 0.3) is 10.9 Å². The number of benzene rings is 1. The van der Waals surface area contributed by atoms with Crippen molar-refractivity contribution in [1.29, 1.82) is 0 Å². The number of hydrogen-bond acceptors (Lipinski definition) is 2. The quantitative estimate of drug-likeness (QED) is 0.911. The van der Waals surface area contributed by atoms with Crippen LogP contribution >= 0.6 is 28.3 Å². The summed E-state index contributed by atoms with van der Waals surface area (Å²) in [4.78, 5) is 0. The number of nitrogens with one attached hydrogen (secondary N) is 2. The van der Waals surface area contributed by atoms with Crippen LogP contribution in [0.2, 0.25) is 0 Å². The molecule has 3 nitrogen and oxygen atoms in total. The molecular formula is C11H13BrClN3. The maximum absolute atomic E-state index is 3.98. The zero-order chi connectivity index (χ0) is 10.7. The summed E-state index contributed by atoms with van der Waals surface area (Å²) in [7, 11) is 0. The van der Waals surface area contributed by atoms with Crippen LogP contribution in [0.1, 0.15) is 5.56 Å². The Labute approximate surface area is 109 Å². The molecule has 0 aliphatic rings. The van der Waals surface area contributed by atoms with E-state index < -0.39 is 0 Å². The smallest absolute Gasteiger partial charge is 0.0653 e. The lowest BCUT2D eigenvalue weighted by Crippen LogP contribution is -2.14. The number of nitrogens with zero attached hydrogens (tertiary/aromatic N) is 1. The highest BCUT2D eigenvalue weighted by molar-refractivity contribution is 9.11. The Morgan fingerprint density at radius 1 is 1.50 bits per heavy atom. The van der Waals surface area contributed by atoms with Crippen LogP contribution in [-0.2, 0) is 6.54 Å². The van der Waals surface area contributed by atoms with Gasteiger partial charge >= 0.3 is 0 Å². The Kier molecular flexibility index (Phi) is 4.99. The van der Waals surface area contributed by atoms with E-state index in [1.807, 2.05) is 6.20 Å². The molecule has 86 valence electrons. The van der Waals surface area contributed by atoms with Crippen LogP contribution in [0.15, 0.2) is 35.5 Å². The zero-order valence-corrected chi connectivity index (χ0v) is 11.1. The van der Waals surface area contributed by atoms with Gasteiger partial charge in [-0.1, -0.05) is 34.6 Å². The van der Waals surface area contributed by atoms with Crippen molar-refractivity contribution in [2.75, 3.05) is 6.54 Å². The van der Waals surface area contributed by atoms with E-state index in [0.29, 0.717) is 0 Å². The van der Waals surface area contributed by atoms with Crippen molar-refractivity contribution in [2.45, 2.75) is 6.54 Å². The SMILES string of the molecule is C=C(Br)CNCc1ccc2cn[nH]c2c1.Cl. The number of halogens is 2. The van der Waals surface area contributed by atoms with Gasteiger partial charge in [0.15, 0.2) is 0 Å². The standard InChI is InChI=1S/C11H12BrN3.ClH/c1-8(12)5-13-6-9-2-3-10-7-14-15-11(10)4-9;/h2-4,7,13H,1,5-6H2,(H,14,15);1H. The van der Waals surface area contributed by atoms with Gasteiger partial charge in [-0.15, -0.1) is 12.4 Å². The van der Waals surface area contributed by atoms with Gasteiger partial charge in [0.2, 0.25) is 0 Å². The van der Waals surface area contributed by atoms with Gasteiger partial charge in [-0.05, 0) is 11.6 Å². The molecule has 2 aromatic rings. The molecule has 0 radical (unpaired) electrons. The van der Waals surface area contributed by atoms with E-state index in [2.05, 4.69) is 56.2 Å². The number of H-pyrrole nitrogens is 1. The number of aromatic nitrogens is 2. The summed E-state index contributed by atoms with van der Waals surface area (Å²) in [5, 5.41) is 11.4. The average molecular weight is 303 g/mol. The molecule has 1 heterocycles. The monoisotopic (exact) mass is 301 g/mol. The summed E-state index contributed by atoms with van der Waals surface area (Å²) in [6.07, 6.45) is 1.83. The predicted molar refractivity (Wildman–Crippen MR) is 73.1 cm³/mol. The first kappa shape index (κ1) is 13.2. The summed E-state index contributed by atoms with van der Waals surface area (Å²) in [5.74, 6) is 0. The molecule has 0 saturated carbocycles. The first-order chi connectivity index (χ1) is 7.25. The summed E-state index contributed by atoms with van der Waals surface area (Å²) in [6.45, 7) is 5.38. The van der Waals surface area contributed by atoms with Crippen LogP contribution in [0.4, 0.5) is 0 Å². The maximum Gasteiger partial charge on any atom is 0.0653 e. The molecule has 5 heteroatoms. The molecule has 0 atom stereocenters. The largest absolute Gasteiger partial charge is 0.308 e. The molecule has 0 aliphatic heterocycles. The van der Waals surface area contributed by atoms with Gasteiger partial charge in [0.25, 0.3) is 0 Å². The zero-order valence-electron chi connectivity index (χ0n) is 8.66. The van der Waals surface area contributed by atoms with Crippen molar-refractivity contribution in [3.63, 3.8) is 0 Å². The molecule has 1 aromatic heterocycles. The predicted octanol–water partition coefficient (Wildman–Crippen LogP) is 2.98. The molecule has 0 aliphatic carbocycles. The number of hydrogen-bond donors (Lipinski definition) is 2. The molecule has 2 N–H and O–H groups in total. The van der Waals surface area contributed by atoms with E-state index in [0.717, 1.165) is 28.5 Å². The fourth-order valence-electron chi connectivity index (χ4n) is 1.44. The third-order valence-corrected chi connectivity index (χ3v) is 2.43. The van der Waals surface area contributed by atoms with Crippen LogP contribution in [0.3, 0.4) is 0 Å². The minimum atomic E-state index is 0. The van der Waals surface area contributed by atoms with Crippen LogP contribution in [0.5, 0.6) is 0 Å². The second-order valence-electron chi connectivity index (χ2n) is 3.41. The van der Waals surface area contributed by atoms with Gasteiger partial charge in [-0.3, -0.25) is 5.10 Å². The fourth-order valence-corrected chi connectivity index (χ4v) is 1.63. The topological polar surface area (TPSA) is 40.7 Å². The molecule has 0 spiro atoms. The number of rotatable bonds is 4.